The molecule has 82 valence electrons. The minimum Gasteiger partial charge on any atom is -0.323 e. The van der Waals surface area contributed by atoms with Crippen LogP contribution in [-0.4, -0.2) is 55.1 Å². The number of amides is 2. The van der Waals surface area contributed by atoms with Crippen LogP contribution in [-0.2, 0) is 0 Å². The van der Waals surface area contributed by atoms with Crippen LogP contribution in [0.1, 0.15) is 6.42 Å². The highest BCUT2D eigenvalue weighted by molar-refractivity contribution is 5.75. The smallest absolute Gasteiger partial charge is 0.320 e. The molecule has 1 atom stereocenters. The third-order valence-electron chi connectivity index (χ3n) is 3.03. The number of hydrogen-bond acceptors (Lipinski definition) is 3. The van der Waals surface area contributed by atoms with Crippen LogP contribution in [0.2, 0.25) is 0 Å². The van der Waals surface area contributed by atoms with Gasteiger partial charge in [-0.05, 0) is 6.42 Å². The summed E-state index contributed by atoms with van der Waals surface area (Å²) in [5.74, 6) is 0.0388. The Morgan fingerprint density at radius 2 is 2.00 bits per heavy atom. The molecule has 5 heteroatoms. The van der Waals surface area contributed by atoms with Gasteiger partial charge in [-0.15, -0.1) is 0 Å². The molecule has 0 bridgehead atoms. The maximum atomic E-state index is 12.0. The Labute approximate surface area is 89.6 Å². The topological polar surface area (TPSA) is 59.4 Å². The molecule has 2 aliphatic heterocycles. The van der Waals surface area contributed by atoms with Gasteiger partial charge in [-0.3, -0.25) is 0 Å². The van der Waals surface area contributed by atoms with Crippen molar-refractivity contribution in [3.8, 4) is 6.07 Å². The summed E-state index contributed by atoms with van der Waals surface area (Å²) in [6, 6.07) is 2.33. The zero-order valence-electron chi connectivity index (χ0n) is 8.78. The van der Waals surface area contributed by atoms with Crippen LogP contribution >= 0.6 is 0 Å². The quantitative estimate of drug-likeness (QED) is 0.602. The molecular formula is C10H16N4O. The number of nitrogens with zero attached hydrogens (tertiary/aromatic N) is 3. The van der Waals surface area contributed by atoms with E-state index in [9.17, 15) is 4.79 Å². The molecule has 15 heavy (non-hydrogen) atoms. The highest BCUT2D eigenvalue weighted by atomic mass is 16.2. The number of nitrogens with one attached hydrogen (secondary N) is 1. The Hall–Kier alpha value is -1.28. The number of carbonyl (C=O) groups excluding carboxylic acids is 1. The van der Waals surface area contributed by atoms with Crippen LogP contribution in [0.25, 0.3) is 0 Å². The van der Waals surface area contributed by atoms with Crippen molar-refractivity contribution in [3.05, 3.63) is 0 Å². The number of carbonyl (C=O) groups is 1. The second kappa shape index (κ2) is 4.49. The average Bonchev–Trinajstić information content (AvgIpc) is 2.78. The monoisotopic (exact) mass is 208 g/mol. The zero-order valence-corrected chi connectivity index (χ0v) is 8.78. The molecule has 1 N–H and O–H groups in total. The fourth-order valence-electron chi connectivity index (χ4n) is 2.10. The van der Waals surface area contributed by atoms with Gasteiger partial charge >= 0.3 is 6.03 Å². The summed E-state index contributed by atoms with van der Waals surface area (Å²) in [6.07, 6.45) is 0.828. The molecular weight excluding hydrogens is 192 g/mol. The Morgan fingerprint density at radius 3 is 2.60 bits per heavy atom. The molecule has 0 aromatic carbocycles. The van der Waals surface area contributed by atoms with E-state index >= 15 is 0 Å². The third-order valence-corrected chi connectivity index (χ3v) is 3.03. The summed E-state index contributed by atoms with van der Waals surface area (Å²) in [5, 5.41) is 12.0. The molecule has 0 aromatic heterocycles. The van der Waals surface area contributed by atoms with E-state index in [-0.39, 0.29) is 11.9 Å². The predicted octanol–water partition coefficient (Wildman–Crippen LogP) is -0.143. The molecule has 1 unspecified atom stereocenters. The van der Waals surface area contributed by atoms with Gasteiger partial charge in [0.1, 0.15) is 0 Å². The van der Waals surface area contributed by atoms with Crippen molar-refractivity contribution in [3.63, 3.8) is 0 Å². The molecule has 0 aromatic rings. The number of urea groups is 1. The van der Waals surface area contributed by atoms with E-state index in [1.807, 2.05) is 4.90 Å². The number of piperazine rings is 1. The lowest BCUT2D eigenvalue weighted by atomic mass is 10.1. The summed E-state index contributed by atoms with van der Waals surface area (Å²) < 4.78 is 0. The van der Waals surface area contributed by atoms with Gasteiger partial charge in [-0.1, -0.05) is 0 Å². The molecule has 2 heterocycles. The van der Waals surface area contributed by atoms with E-state index in [2.05, 4.69) is 11.4 Å². The van der Waals surface area contributed by atoms with Crippen LogP contribution in [0.5, 0.6) is 0 Å². The lowest BCUT2D eigenvalue weighted by molar-refractivity contribution is 0.155. The van der Waals surface area contributed by atoms with Crippen molar-refractivity contribution in [2.75, 3.05) is 39.3 Å². The van der Waals surface area contributed by atoms with Gasteiger partial charge in [0.05, 0.1) is 12.0 Å². The van der Waals surface area contributed by atoms with Crippen molar-refractivity contribution >= 4 is 6.03 Å². The van der Waals surface area contributed by atoms with E-state index < -0.39 is 0 Å². The molecule has 2 aliphatic rings. The second-order valence-corrected chi connectivity index (χ2v) is 4.08. The van der Waals surface area contributed by atoms with Gasteiger partial charge in [0.2, 0.25) is 0 Å². The van der Waals surface area contributed by atoms with Crippen molar-refractivity contribution in [1.82, 2.24) is 15.1 Å². The first-order valence-corrected chi connectivity index (χ1v) is 5.45. The fourth-order valence-corrected chi connectivity index (χ4v) is 2.10. The van der Waals surface area contributed by atoms with Gasteiger partial charge in [0, 0.05) is 39.3 Å². The first-order chi connectivity index (χ1) is 7.31. The number of hydrogen-bond donors (Lipinski definition) is 1. The summed E-state index contributed by atoms with van der Waals surface area (Å²) in [5.41, 5.74) is 0. The van der Waals surface area contributed by atoms with E-state index in [0.717, 1.165) is 39.1 Å². The van der Waals surface area contributed by atoms with E-state index in [0.29, 0.717) is 6.54 Å². The maximum Gasteiger partial charge on any atom is 0.320 e. The van der Waals surface area contributed by atoms with Gasteiger partial charge in [0.15, 0.2) is 0 Å². The molecule has 2 amide bonds. The standard InChI is InChI=1S/C10H16N4O/c11-7-9-1-4-14(8-9)10(15)13-5-2-12-3-6-13/h9,12H,1-6,8H2. The maximum absolute atomic E-state index is 12.0. The molecule has 0 radical (unpaired) electrons. The van der Waals surface area contributed by atoms with E-state index in [4.69, 9.17) is 5.26 Å². The van der Waals surface area contributed by atoms with Crippen LogP contribution in [0.15, 0.2) is 0 Å². The van der Waals surface area contributed by atoms with Gasteiger partial charge in [-0.2, -0.15) is 5.26 Å². The van der Waals surface area contributed by atoms with Gasteiger partial charge in [-0.25, -0.2) is 4.79 Å². The van der Waals surface area contributed by atoms with Crippen LogP contribution in [0.4, 0.5) is 4.79 Å². The molecule has 5 nitrogen and oxygen atoms in total. The minimum atomic E-state index is 0.0388. The van der Waals surface area contributed by atoms with E-state index in [1.54, 1.807) is 4.90 Å². The third kappa shape index (κ3) is 2.21. The van der Waals surface area contributed by atoms with Gasteiger partial charge in [0.25, 0.3) is 0 Å². The van der Waals surface area contributed by atoms with Crippen molar-refractivity contribution in [2.24, 2.45) is 5.92 Å². The normalized spacial score (nSPS) is 26.5. The highest BCUT2D eigenvalue weighted by Gasteiger charge is 2.29. The van der Waals surface area contributed by atoms with E-state index in [1.165, 1.54) is 0 Å². The summed E-state index contributed by atoms with van der Waals surface area (Å²) >= 11 is 0. The van der Waals surface area contributed by atoms with Crippen molar-refractivity contribution < 1.29 is 4.79 Å². The van der Waals surface area contributed by atoms with Crippen LogP contribution in [0, 0.1) is 17.2 Å². The Bertz CT molecular complexity index is 280. The van der Waals surface area contributed by atoms with Gasteiger partial charge < -0.3 is 15.1 Å². The Morgan fingerprint density at radius 1 is 1.27 bits per heavy atom. The lowest BCUT2D eigenvalue weighted by Gasteiger charge is -2.31. The Balaban J connectivity index is 1.88. The number of rotatable bonds is 0. The molecule has 0 saturated carbocycles. The highest BCUT2D eigenvalue weighted by Crippen LogP contribution is 2.16. The molecule has 2 fully saturated rings. The minimum absolute atomic E-state index is 0.0388. The second-order valence-electron chi connectivity index (χ2n) is 4.08. The first-order valence-electron chi connectivity index (χ1n) is 5.45. The number of nitriles is 1. The average molecular weight is 208 g/mol. The fraction of sp³-hybridized carbons (Fsp3) is 0.800. The van der Waals surface area contributed by atoms with Crippen molar-refractivity contribution in [1.29, 1.82) is 5.26 Å². The van der Waals surface area contributed by atoms with Crippen LogP contribution < -0.4 is 5.32 Å². The number of likely N-dealkylation sites (tertiary alicyclic amines) is 1. The zero-order chi connectivity index (χ0) is 10.7. The summed E-state index contributed by atoms with van der Waals surface area (Å²) in [6.45, 7) is 4.67. The Kier molecular flexibility index (Phi) is 3.07. The SMILES string of the molecule is N#CC1CCN(C(=O)N2CCNCC2)C1. The predicted molar refractivity (Wildman–Crippen MR) is 55.1 cm³/mol. The molecule has 2 saturated heterocycles. The summed E-state index contributed by atoms with van der Waals surface area (Å²) in [7, 11) is 0. The largest absolute Gasteiger partial charge is 0.323 e. The lowest BCUT2D eigenvalue weighted by Crippen LogP contribution is -2.51. The molecule has 0 aliphatic carbocycles. The summed E-state index contributed by atoms with van der Waals surface area (Å²) in [4.78, 5) is 15.7. The molecule has 2 rings (SSSR count). The van der Waals surface area contributed by atoms with Crippen molar-refractivity contribution in [2.45, 2.75) is 6.42 Å². The molecule has 0 spiro atoms. The first kappa shape index (κ1) is 10.2. The van der Waals surface area contributed by atoms with Crippen LogP contribution in [0.3, 0.4) is 0 Å².